The molecule has 0 aromatic carbocycles. The lowest BCUT2D eigenvalue weighted by molar-refractivity contribution is -0.161. The molecule has 2 saturated carbocycles. The second kappa shape index (κ2) is 5.62. The van der Waals surface area contributed by atoms with Gasteiger partial charge in [-0.15, -0.1) is 0 Å². The highest BCUT2D eigenvalue weighted by Gasteiger charge is 2.48. The van der Waals surface area contributed by atoms with Gasteiger partial charge in [0, 0.05) is 0 Å². The normalized spacial score (nSPS) is 21.9. The number of ether oxygens (including phenoxy) is 2. The lowest BCUT2D eigenvalue weighted by Gasteiger charge is -2.40. The van der Waals surface area contributed by atoms with Crippen molar-refractivity contribution in [2.45, 2.75) is 83.0 Å². The van der Waals surface area contributed by atoms with Gasteiger partial charge >= 0.3 is 12.1 Å². The molecule has 0 spiro atoms. The van der Waals surface area contributed by atoms with Crippen molar-refractivity contribution in [3.63, 3.8) is 0 Å². The van der Waals surface area contributed by atoms with Crippen molar-refractivity contribution in [2.24, 2.45) is 0 Å². The number of hydrogen-bond acceptors (Lipinski definition) is 4. The predicted octanol–water partition coefficient (Wildman–Crippen LogP) is 2.92. The van der Waals surface area contributed by atoms with Gasteiger partial charge in [-0.25, -0.2) is 9.59 Å². The molecule has 1 N–H and O–H groups in total. The number of esters is 1. The fourth-order valence-electron chi connectivity index (χ4n) is 2.68. The van der Waals surface area contributed by atoms with Gasteiger partial charge in [0.25, 0.3) is 0 Å². The fourth-order valence-corrected chi connectivity index (χ4v) is 2.68. The van der Waals surface area contributed by atoms with E-state index in [-0.39, 0.29) is 12.1 Å². The van der Waals surface area contributed by atoms with Gasteiger partial charge in [-0.2, -0.15) is 0 Å². The second-order valence-corrected chi connectivity index (χ2v) is 6.87. The Morgan fingerprint density at radius 1 is 1.10 bits per heavy atom. The quantitative estimate of drug-likeness (QED) is 0.809. The van der Waals surface area contributed by atoms with Crippen molar-refractivity contribution in [3.05, 3.63) is 0 Å². The molecule has 0 saturated heterocycles. The minimum Gasteiger partial charge on any atom is -0.461 e. The lowest BCUT2D eigenvalue weighted by Crippen LogP contribution is -2.60. The molecule has 0 unspecified atom stereocenters. The molecular formula is C15H25NO4. The van der Waals surface area contributed by atoms with E-state index in [4.69, 9.17) is 9.47 Å². The third kappa shape index (κ3) is 3.64. The largest absolute Gasteiger partial charge is 0.461 e. The molecule has 2 fully saturated rings. The van der Waals surface area contributed by atoms with Crippen molar-refractivity contribution < 1.29 is 19.1 Å². The Hall–Kier alpha value is -1.26. The topological polar surface area (TPSA) is 64.6 Å². The van der Waals surface area contributed by atoms with E-state index in [1.54, 1.807) is 20.8 Å². The monoisotopic (exact) mass is 283 g/mol. The number of amides is 1. The van der Waals surface area contributed by atoms with Crippen LogP contribution in [0.15, 0.2) is 0 Å². The van der Waals surface area contributed by atoms with Crippen molar-refractivity contribution in [1.82, 2.24) is 5.32 Å². The average Bonchev–Trinajstić information content (AvgIpc) is 2.73. The summed E-state index contributed by atoms with van der Waals surface area (Å²) < 4.78 is 10.8. The number of hydrogen-bond donors (Lipinski definition) is 1. The lowest BCUT2D eigenvalue weighted by atomic mass is 9.77. The molecule has 2 aliphatic rings. The predicted molar refractivity (Wildman–Crippen MR) is 74.3 cm³/mol. The van der Waals surface area contributed by atoms with Crippen LogP contribution in [0.4, 0.5) is 4.79 Å². The highest BCUT2D eigenvalue weighted by Crippen LogP contribution is 2.35. The van der Waals surface area contributed by atoms with E-state index in [0.29, 0.717) is 12.8 Å². The van der Waals surface area contributed by atoms with Gasteiger partial charge in [-0.3, -0.25) is 0 Å². The highest BCUT2D eigenvalue weighted by atomic mass is 16.6. The molecule has 1 amide bonds. The third-order valence-electron chi connectivity index (χ3n) is 3.91. The van der Waals surface area contributed by atoms with Crippen molar-refractivity contribution in [1.29, 1.82) is 0 Å². The molecule has 114 valence electrons. The average molecular weight is 283 g/mol. The van der Waals surface area contributed by atoms with Crippen LogP contribution in [0.5, 0.6) is 0 Å². The minimum absolute atomic E-state index is 0.0282. The Labute approximate surface area is 120 Å². The molecule has 0 radical (unpaired) electrons. The van der Waals surface area contributed by atoms with E-state index < -0.39 is 17.2 Å². The molecule has 2 rings (SSSR count). The second-order valence-electron chi connectivity index (χ2n) is 6.87. The molecule has 5 heteroatoms. The van der Waals surface area contributed by atoms with Crippen LogP contribution in [0.25, 0.3) is 0 Å². The Bertz CT molecular complexity index is 376. The summed E-state index contributed by atoms with van der Waals surface area (Å²) in [6.07, 6.45) is 5.80. The smallest absolute Gasteiger partial charge is 0.408 e. The Kier molecular flexibility index (Phi) is 4.25. The molecule has 20 heavy (non-hydrogen) atoms. The van der Waals surface area contributed by atoms with E-state index in [2.05, 4.69) is 5.32 Å². The highest BCUT2D eigenvalue weighted by molar-refractivity contribution is 5.87. The number of carbonyl (C=O) groups is 2. The SMILES string of the molecule is CC(C)(C)OC(=O)NC1(C(=O)OC2CCCC2)CCC1. The zero-order valence-corrected chi connectivity index (χ0v) is 12.7. The summed E-state index contributed by atoms with van der Waals surface area (Å²) in [5, 5.41) is 2.72. The van der Waals surface area contributed by atoms with Crippen LogP contribution in [-0.2, 0) is 14.3 Å². The maximum atomic E-state index is 12.3. The fraction of sp³-hybridized carbons (Fsp3) is 0.867. The van der Waals surface area contributed by atoms with Crippen molar-refractivity contribution in [3.8, 4) is 0 Å². The zero-order chi connectivity index (χ0) is 14.8. The third-order valence-corrected chi connectivity index (χ3v) is 3.91. The van der Waals surface area contributed by atoms with E-state index in [1.165, 1.54) is 0 Å². The van der Waals surface area contributed by atoms with Gasteiger partial charge in [-0.1, -0.05) is 0 Å². The maximum absolute atomic E-state index is 12.3. The van der Waals surface area contributed by atoms with Crippen LogP contribution in [0, 0.1) is 0 Å². The van der Waals surface area contributed by atoms with Crippen LogP contribution >= 0.6 is 0 Å². The summed E-state index contributed by atoms with van der Waals surface area (Å²) in [4.78, 5) is 24.2. The van der Waals surface area contributed by atoms with Crippen LogP contribution in [0.3, 0.4) is 0 Å². The summed E-state index contributed by atoms with van der Waals surface area (Å²) in [5.74, 6) is -0.290. The van der Waals surface area contributed by atoms with Crippen LogP contribution in [-0.4, -0.2) is 29.3 Å². The van der Waals surface area contributed by atoms with Gasteiger partial charge in [0.05, 0.1) is 0 Å². The first-order chi connectivity index (χ1) is 9.31. The minimum atomic E-state index is -0.856. The number of carbonyl (C=O) groups excluding carboxylic acids is 2. The molecule has 0 atom stereocenters. The first kappa shape index (κ1) is 15.1. The van der Waals surface area contributed by atoms with E-state index in [0.717, 1.165) is 32.1 Å². The van der Waals surface area contributed by atoms with Gasteiger partial charge in [0.1, 0.15) is 17.2 Å². The van der Waals surface area contributed by atoms with Crippen molar-refractivity contribution in [2.75, 3.05) is 0 Å². The Morgan fingerprint density at radius 3 is 2.15 bits per heavy atom. The Balaban J connectivity index is 1.91. The first-order valence-corrected chi connectivity index (χ1v) is 7.53. The van der Waals surface area contributed by atoms with Gasteiger partial charge in [-0.05, 0) is 65.7 Å². The number of nitrogens with one attached hydrogen (secondary N) is 1. The molecule has 0 aromatic rings. The van der Waals surface area contributed by atoms with E-state index >= 15 is 0 Å². The van der Waals surface area contributed by atoms with E-state index in [9.17, 15) is 9.59 Å². The molecular weight excluding hydrogens is 258 g/mol. The summed E-state index contributed by atoms with van der Waals surface area (Å²) in [6.45, 7) is 5.41. The van der Waals surface area contributed by atoms with Gasteiger partial charge in [0.2, 0.25) is 0 Å². The summed E-state index contributed by atoms with van der Waals surface area (Å²) in [5.41, 5.74) is -1.42. The van der Waals surface area contributed by atoms with Gasteiger partial charge < -0.3 is 14.8 Å². The Morgan fingerprint density at radius 2 is 1.70 bits per heavy atom. The molecule has 0 heterocycles. The zero-order valence-electron chi connectivity index (χ0n) is 12.7. The molecule has 5 nitrogen and oxygen atoms in total. The first-order valence-electron chi connectivity index (χ1n) is 7.53. The number of rotatable bonds is 3. The molecule has 2 aliphatic carbocycles. The molecule has 0 aromatic heterocycles. The standard InChI is InChI=1S/C15H25NO4/c1-14(2,3)20-13(18)16-15(9-6-10-15)12(17)19-11-7-4-5-8-11/h11H,4-10H2,1-3H3,(H,16,18). The molecule has 0 bridgehead atoms. The van der Waals surface area contributed by atoms with Crippen LogP contribution in [0.2, 0.25) is 0 Å². The van der Waals surface area contributed by atoms with E-state index in [1.807, 2.05) is 0 Å². The van der Waals surface area contributed by atoms with Crippen molar-refractivity contribution >= 4 is 12.1 Å². The van der Waals surface area contributed by atoms with Gasteiger partial charge in [0.15, 0.2) is 0 Å². The number of alkyl carbamates (subject to hydrolysis) is 1. The summed E-state index contributed by atoms with van der Waals surface area (Å²) in [6, 6.07) is 0. The molecule has 0 aliphatic heterocycles. The maximum Gasteiger partial charge on any atom is 0.408 e. The summed E-state index contributed by atoms with van der Waals surface area (Å²) >= 11 is 0. The van der Waals surface area contributed by atoms with Crippen LogP contribution < -0.4 is 5.32 Å². The van der Waals surface area contributed by atoms with Crippen LogP contribution in [0.1, 0.15) is 65.7 Å². The summed E-state index contributed by atoms with van der Waals surface area (Å²) in [7, 11) is 0.